The first-order valence-electron chi connectivity index (χ1n) is 10.6. The van der Waals surface area contributed by atoms with Crippen molar-refractivity contribution in [3.05, 3.63) is 105 Å². The molecule has 0 aliphatic carbocycles. The number of hydrogen-bond donors (Lipinski definition) is 1. The molecule has 8 nitrogen and oxygen atoms in total. The lowest BCUT2D eigenvalue weighted by Crippen LogP contribution is -2.13. The number of halogens is 3. The molecule has 4 aromatic rings. The summed E-state index contributed by atoms with van der Waals surface area (Å²) < 4.78 is 45.8. The molecule has 0 atom stereocenters. The molecule has 3 aromatic carbocycles. The first-order valence-corrected chi connectivity index (χ1v) is 10.6. The highest BCUT2D eigenvalue weighted by molar-refractivity contribution is 6.05. The Balaban J connectivity index is 1.51. The molecule has 4 rings (SSSR count). The van der Waals surface area contributed by atoms with E-state index in [4.69, 9.17) is 4.74 Å². The van der Waals surface area contributed by atoms with Gasteiger partial charge in [0.1, 0.15) is 5.75 Å². The molecule has 0 radical (unpaired) electrons. The van der Waals surface area contributed by atoms with E-state index >= 15 is 0 Å². The molecule has 0 bridgehead atoms. The molecular weight excluding hydrogens is 477 g/mol. The number of hydrogen-bond acceptors (Lipinski definition) is 5. The third-order valence-electron chi connectivity index (χ3n) is 5.36. The van der Waals surface area contributed by atoms with Gasteiger partial charge >= 0.3 is 11.9 Å². The zero-order chi connectivity index (χ0) is 26.0. The summed E-state index contributed by atoms with van der Waals surface area (Å²) in [4.78, 5) is 23.1. The first-order chi connectivity index (χ1) is 17.0. The summed E-state index contributed by atoms with van der Waals surface area (Å²) in [6.07, 6.45) is -4.73. The fraction of sp³-hybridized carbons (Fsp3) is 0.120. The van der Waals surface area contributed by atoms with Gasteiger partial charge in [-0.05, 0) is 62.4 Å². The average molecular weight is 496 g/mol. The van der Waals surface area contributed by atoms with E-state index in [9.17, 15) is 28.1 Å². The van der Waals surface area contributed by atoms with E-state index < -0.39 is 28.3 Å². The lowest BCUT2D eigenvalue weighted by atomic mass is 10.1. The molecule has 0 saturated carbocycles. The third kappa shape index (κ3) is 5.04. The number of carbonyl (C=O) groups excluding carboxylic acids is 1. The molecule has 0 spiro atoms. The number of carbonyl (C=O) groups is 1. The highest BCUT2D eigenvalue weighted by Gasteiger charge is 2.33. The average Bonchev–Trinajstić information content (AvgIpc) is 3.12. The monoisotopic (exact) mass is 496 g/mol. The van der Waals surface area contributed by atoms with Crippen LogP contribution < -0.4 is 10.1 Å². The highest BCUT2D eigenvalue weighted by Crippen LogP contribution is 2.38. The predicted molar refractivity (Wildman–Crippen MR) is 126 cm³/mol. The Morgan fingerprint density at radius 2 is 1.69 bits per heavy atom. The SMILES string of the molecule is Cc1nn(-c2ccccc2)c(C)c1NC(=O)c1ccc(Oc2ccc(C(F)(F)F)cc2[N+](=O)[O-])cc1. The molecular formula is C25H19F3N4O4. The zero-order valence-corrected chi connectivity index (χ0v) is 19.0. The van der Waals surface area contributed by atoms with Crippen molar-refractivity contribution < 1.29 is 27.6 Å². The Kier molecular flexibility index (Phi) is 6.47. The topological polar surface area (TPSA) is 99.3 Å². The van der Waals surface area contributed by atoms with Crippen molar-refractivity contribution in [2.45, 2.75) is 20.0 Å². The number of para-hydroxylation sites is 1. The van der Waals surface area contributed by atoms with Gasteiger partial charge < -0.3 is 10.1 Å². The summed E-state index contributed by atoms with van der Waals surface area (Å²) >= 11 is 0. The molecule has 0 aliphatic heterocycles. The molecule has 1 heterocycles. The van der Waals surface area contributed by atoms with E-state index in [1.54, 1.807) is 11.6 Å². The number of ether oxygens (including phenoxy) is 1. The van der Waals surface area contributed by atoms with Crippen LogP contribution in [0, 0.1) is 24.0 Å². The number of aryl methyl sites for hydroxylation is 1. The van der Waals surface area contributed by atoms with Crippen LogP contribution in [0.25, 0.3) is 5.69 Å². The Labute approximate surface area is 203 Å². The van der Waals surface area contributed by atoms with Crippen LogP contribution in [0.1, 0.15) is 27.3 Å². The van der Waals surface area contributed by atoms with Crippen molar-refractivity contribution in [2.75, 3.05) is 5.32 Å². The quantitative estimate of drug-likeness (QED) is 0.244. The lowest BCUT2D eigenvalue weighted by molar-refractivity contribution is -0.385. The van der Waals surface area contributed by atoms with Gasteiger partial charge in [0, 0.05) is 11.6 Å². The zero-order valence-electron chi connectivity index (χ0n) is 19.0. The van der Waals surface area contributed by atoms with E-state index in [0.717, 1.165) is 17.4 Å². The molecule has 1 amide bonds. The minimum absolute atomic E-state index is 0.110. The maximum Gasteiger partial charge on any atom is 0.416 e. The number of aromatic nitrogens is 2. The van der Waals surface area contributed by atoms with Gasteiger partial charge in [0.2, 0.25) is 5.75 Å². The van der Waals surface area contributed by atoms with E-state index in [1.807, 2.05) is 37.3 Å². The number of alkyl halides is 3. The molecule has 11 heteroatoms. The van der Waals surface area contributed by atoms with Gasteiger partial charge in [-0.1, -0.05) is 18.2 Å². The van der Waals surface area contributed by atoms with Crippen molar-refractivity contribution in [2.24, 2.45) is 0 Å². The molecule has 1 N–H and O–H groups in total. The second kappa shape index (κ2) is 9.53. The standard InChI is InChI=1S/C25H19F3N4O4/c1-15-23(16(2)31(30-15)19-6-4-3-5-7-19)29-24(33)17-8-11-20(12-9-17)36-22-13-10-18(25(26,27)28)14-21(22)32(34)35/h3-14H,1-2H3,(H,29,33). The van der Waals surface area contributed by atoms with E-state index in [2.05, 4.69) is 10.4 Å². The maximum atomic E-state index is 12.9. The molecule has 184 valence electrons. The Morgan fingerprint density at radius 3 is 2.31 bits per heavy atom. The van der Waals surface area contributed by atoms with Crippen molar-refractivity contribution in [1.29, 1.82) is 0 Å². The van der Waals surface area contributed by atoms with Crippen LogP contribution in [0.2, 0.25) is 0 Å². The van der Waals surface area contributed by atoms with Gasteiger partial charge in [-0.2, -0.15) is 18.3 Å². The van der Waals surface area contributed by atoms with Gasteiger partial charge in [-0.25, -0.2) is 4.68 Å². The number of anilines is 1. The van der Waals surface area contributed by atoms with Gasteiger partial charge in [-0.15, -0.1) is 0 Å². The summed E-state index contributed by atoms with van der Waals surface area (Å²) in [7, 11) is 0. The number of nitro benzene ring substituents is 1. The minimum atomic E-state index is -4.73. The molecule has 36 heavy (non-hydrogen) atoms. The van der Waals surface area contributed by atoms with Crippen LogP contribution in [-0.2, 0) is 6.18 Å². The smallest absolute Gasteiger partial charge is 0.416 e. The van der Waals surface area contributed by atoms with Crippen LogP contribution in [0.5, 0.6) is 11.5 Å². The predicted octanol–water partition coefficient (Wildman–Crippen LogP) is 6.46. The van der Waals surface area contributed by atoms with E-state index in [1.165, 1.54) is 24.3 Å². The Hall–Kier alpha value is -4.67. The number of nitro groups is 1. The fourth-order valence-corrected chi connectivity index (χ4v) is 3.55. The van der Waals surface area contributed by atoms with Gasteiger partial charge in [0.15, 0.2) is 0 Å². The number of rotatable bonds is 6. The summed E-state index contributed by atoms with van der Waals surface area (Å²) in [6, 6.07) is 17.1. The van der Waals surface area contributed by atoms with E-state index in [0.29, 0.717) is 23.5 Å². The number of amides is 1. The molecule has 0 saturated heterocycles. The number of nitrogens with zero attached hydrogens (tertiary/aromatic N) is 3. The van der Waals surface area contributed by atoms with Crippen LogP contribution in [0.15, 0.2) is 72.8 Å². The fourth-order valence-electron chi connectivity index (χ4n) is 3.55. The molecule has 0 aliphatic rings. The number of benzene rings is 3. The summed E-state index contributed by atoms with van der Waals surface area (Å²) in [5.74, 6) is -0.663. The van der Waals surface area contributed by atoms with Crippen molar-refractivity contribution in [3.8, 4) is 17.2 Å². The van der Waals surface area contributed by atoms with Crippen LogP contribution >= 0.6 is 0 Å². The van der Waals surface area contributed by atoms with Crippen LogP contribution in [0.3, 0.4) is 0 Å². The van der Waals surface area contributed by atoms with Crippen molar-refractivity contribution in [3.63, 3.8) is 0 Å². The number of nitrogens with one attached hydrogen (secondary N) is 1. The van der Waals surface area contributed by atoms with Crippen molar-refractivity contribution in [1.82, 2.24) is 9.78 Å². The van der Waals surface area contributed by atoms with Crippen LogP contribution in [0.4, 0.5) is 24.5 Å². The Morgan fingerprint density at radius 1 is 1.03 bits per heavy atom. The van der Waals surface area contributed by atoms with E-state index in [-0.39, 0.29) is 17.1 Å². The molecule has 0 fully saturated rings. The van der Waals surface area contributed by atoms with Gasteiger partial charge in [0.25, 0.3) is 5.91 Å². The second-order valence-electron chi connectivity index (χ2n) is 7.81. The largest absolute Gasteiger partial charge is 0.450 e. The van der Waals surface area contributed by atoms with Gasteiger partial charge in [-0.3, -0.25) is 14.9 Å². The van der Waals surface area contributed by atoms with Crippen molar-refractivity contribution >= 4 is 17.3 Å². The normalized spacial score (nSPS) is 11.2. The maximum absolute atomic E-state index is 12.9. The molecule has 0 unspecified atom stereocenters. The second-order valence-corrected chi connectivity index (χ2v) is 7.81. The highest BCUT2D eigenvalue weighted by atomic mass is 19.4. The summed E-state index contributed by atoms with van der Waals surface area (Å²) in [6.45, 7) is 3.60. The minimum Gasteiger partial charge on any atom is -0.450 e. The van der Waals surface area contributed by atoms with Gasteiger partial charge in [0.05, 0.1) is 33.2 Å². The summed E-state index contributed by atoms with van der Waals surface area (Å²) in [5.41, 5.74) is 1.06. The molecule has 1 aromatic heterocycles. The third-order valence-corrected chi connectivity index (χ3v) is 5.36. The first kappa shape index (κ1) is 24.5. The Bertz CT molecular complexity index is 1430. The summed E-state index contributed by atoms with van der Waals surface area (Å²) in [5, 5.41) is 18.6. The van der Waals surface area contributed by atoms with Crippen LogP contribution in [-0.4, -0.2) is 20.6 Å². The lowest BCUT2D eigenvalue weighted by Gasteiger charge is -2.11.